The maximum Gasteiger partial charge on any atom is 0.344 e. The second-order valence-corrected chi connectivity index (χ2v) is 47.0. The molecule has 0 saturated heterocycles. The number of benzene rings is 16. The van der Waals surface area contributed by atoms with Gasteiger partial charge in [0.05, 0.1) is 5.41 Å². The summed E-state index contributed by atoms with van der Waals surface area (Å²) < 4.78 is 105. The topological polar surface area (TPSA) is 44.8 Å². The van der Waals surface area contributed by atoms with Gasteiger partial charge in [0.2, 0.25) is 16.6 Å². The van der Waals surface area contributed by atoms with E-state index in [2.05, 4.69) is 402 Å². The van der Waals surface area contributed by atoms with Crippen LogP contribution in [0.15, 0.2) is 412 Å². The van der Waals surface area contributed by atoms with Gasteiger partial charge in [-0.05, 0) is 248 Å². The minimum absolute atomic E-state index is 0.0178. The molecular formula is C122H119F6O4PSi2. The van der Waals surface area contributed by atoms with Crippen molar-refractivity contribution in [2.24, 2.45) is 0 Å². The van der Waals surface area contributed by atoms with Gasteiger partial charge in [0.25, 0.3) is 0 Å². The largest absolute Gasteiger partial charge is 0.449 e. The van der Waals surface area contributed by atoms with E-state index in [9.17, 15) is 30.9 Å². The fourth-order valence-corrected chi connectivity index (χ4v) is 27.3. The molecule has 1 aliphatic rings. The van der Waals surface area contributed by atoms with Crippen molar-refractivity contribution in [1.29, 1.82) is 0 Å². The van der Waals surface area contributed by atoms with Crippen LogP contribution < -0.4 is 35.8 Å². The first-order chi connectivity index (χ1) is 64.4. The number of fused-ring (bicyclic) bond motifs is 3. The average molecular weight is 1850 g/mol. The average Bonchev–Trinajstić information content (AvgIpc) is 1.54. The van der Waals surface area contributed by atoms with Gasteiger partial charge in [-0.2, -0.15) is 26.3 Å². The minimum atomic E-state index is -3.20. The molecule has 0 saturated carbocycles. The van der Waals surface area contributed by atoms with Crippen molar-refractivity contribution < 1.29 is 44.5 Å². The van der Waals surface area contributed by atoms with Crippen molar-refractivity contribution >= 4 is 61.7 Å². The molecular weight excluding hydrogens is 1730 g/mol. The normalized spacial score (nSPS) is 11.9. The number of hydrogen-bond donors (Lipinski definition) is 0. The van der Waals surface area contributed by atoms with E-state index in [1.54, 1.807) is 12.1 Å². The number of allylic oxidation sites excluding steroid dienone is 1. The predicted molar refractivity (Wildman–Crippen MR) is 560 cm³/mol. The molecule has 0 bridgehead atoms. The van der Waals surface area contributed by atoms with Gasteiger partial charge in [-0.3, -0.25) is 0 Å². The summed E-state index contributed by atoms with van der Waals surface area (Å²) in [7, 11) is -6.94. The van der Waals surface area contributed by atoms with Crippen molar-refractivity contribution in [3.8, 4) is 33.8 Å². The Morgan fingerprint density at radius 2 is 0.548 bits per heavy atom. The monoisotopic (exact) mass is 1850 g/mol. The van der Waals surface area contributed by atoms with Gasteiger partial charge in [0.1, 0.15) is 11.5 Å². The molecule has 0 atom stereocenters. The van der Waals surface area contributed by atoms with Crippen LogP contribution in [0, 0.1) is 83.1 Å². The van der Waals surface area contributed by atoms with Crippen LogP contribution in [0.1, 0.15) is 131 Å². The lowest BCUT2D eigenvalue weighted by molar-refractivity contribution is 0.241. The second-order valence-electron chi connectivity index (χ2n) is 36.2. The second kappa shape index (κ2) is 45.1. The quantitative estimate of drug-likeness (QED) is 0.0202. The maximum atomic E-state index is 14.2. The van der Waals surface area contributed by atoms with Crippen LogP contribution >= 0.6 is 7.14 Å². The lowest BCUT2D eigenvalue weighted by Crippen LogP contribution is -2.57. The summed E-state index contributed by atoms with van der Waals surface area (Å²) in [5.74, 6) is -0.0855. The first kappa shape index (κ1) is 101. The van der Waals surface area contributed by atoms with Gasteiger partial charge < -0.3 is 18.2 Å². The number of halogens is 6. The molecule has 0 aliphatic heterocycles. The van der Waals surface area contributed by atoms with E-state index >= 15 is 0 Å². The van der Waals surface area contributed by atoms with E-state index in [0.29, 0.717) is 15.9 Å². The van der Waals surface area contributed by atoms with E-state index in [1.165, 1.54) is 152 Å². The summed E-state index contributed by atoms with van der Waals surface area (Å²) >= 11 is 0. The zero-order valence-electron chi connectivity index (χ0n) is 80.4. The SMILES string of the molecule is C/C(=C\c1ccc(C)cc1)c1ccc(C)cc1.Cc1ccc(-c2ccc(C)cc2)cc1.Cc1ccc(C(C)(c2ccc(C)cc2)c2ccc(OC(F)=C(F)F)cc2)cc1.Cc1ccc(C2(c3ccc(C)cc3)c3ccccc3-c3ccccc32)cc1.Cc1ccc(P(=O)(c2ccc(C)cc2)c2ccc(OC(F)=C(F)F)cc2)cc1.Cc1ccc([Si](C)(C)O[Si](C)(C)c2ccc(C)cc2)cc1. The van der Waals surface area contributed by atoms with Crippen molar-refractivity contribution in [3.63, 3.8) is 0 Å². The molecule has 4 nitrogen and oxygen atoms in total. The Labute approximate surface area is 797 Å². The highest BCUT2D eigenvalue weighted by molar-refractivity contribution is 7.85. The third kappa shape index (κ3) is 25.3. The van der Waals surface area contributed by atoms with Crippen molar-refractivity contribution in [3.05, 3.63) is 529 Å². The fraction of sp³-hybridized carbons (Fsp3) is 0.164. The molecule has 135 heavy (non-hydrogen) atoms. The predicted octanol–water partition coefficient (Wildman–Crippen LogP) is 31.8. The summed E-state index contributed by atoms with van der Waals surface area (Å²) in [5.41, 5.74) is 31.7. The summed E-state index contributed by atoms with van der Waals surface area (Å²) in [6.45, 7) is 38.5. The molecule has 0 fully saturated rings. The Hall–Kier alpha value is -13.5. The summed E-state index contributed by atoms with van der Waals surface area (Å²) in [6.07, 6.45) is -2.79. The molecule has 0 heterocycles. The molecule has 17 rings (SSSR count). The van der Waals surface area contributed by atoms with Gasteiger partial charge >= 0.3 is 24.2 Å². The van der Waals surface area contributed by atoms with E-state index in [1.807, 2.05) is 76.2 Å². The van der Waals surface area contributed by atoms with E-state index in [-0.39, 0.29) is 16.9 Å². The van der Waals surface area contributed by atoms with E-state index < -0.39 is 53.4 Å². The van der Waals surface area contributed by atoms with Crippen molar-refractivity contribution in [2.75, 3.05) is 0 Å². The molecule has 16 aromatic rings. The molecule has 0 N–H and O–H groups in total. The van der Waals surface area contributed by atoms with Gasteiger partial charge in [-0.1, -0.05) is 425 Å². The third-order valence-corrected chi connectivity index (χ3v) is 35.3. The Kier molecular flexibility index (Phi) is 33.5. The molecule has 0 radical (unpaired) electrons. The standard InChI is InChI=1S/C27H22.C24H21F3O.C22H18F3O2P.C18H26OSi2.C17H18.C14H14/c1-19-11-15-21(16-12-19)27(22-17-13-20(2)14-18-22)25-9-5-3-7-23(25)24-8-4-6-10-26(24)27;1-16-4-8-18(9-5-16)24(3,19-10-6-17(2)7-11-19)20-12-14-21(15-13-20)28-23(27)22(25)26;1-15-3-9-18(10-4-15)28(26,19-11-5-16(2)6-12-19)20-13-7-17(8-14-20)27-22(25)21(23)24;1-15-7-11-17(12-8-15)20(3,4)19-21(5,6)18-13-9-16(2)10-14-18;1-13-4-8-16(9-5-13)12-15(3)17-10-6-14(2)7-11-17;1-11-3-7-13(8-4-11)14-9-5-12(2)6-10-14/h3-18H,1-2H3;4-15H,1-3H3;3-14H,1-2H3;7-14H,1-6H3;4-12H,1-3H3;3-10H,1-2H3/b;;;;15-12+;. The molecule has 13 heteroatoms. The highest BCUT2D eigenvalue weighted by Gasteiger charge is 2.46. The number of aryl methyl sites for hydroxylation is 12. The van der Waals surface area contributed by atoms with Crippen LogP contribution in [0.25, 0.3) is 33.9 Å². The first-order valence-electron chi connectivity index (χ1n) is 45.4. The highest BCUT2D eigenvalue weighted by atomic mass is 31.2. The molecule has 0 unspecified atom stereocenters. The Bertz CT molecular complexity index is 6470. The van der Waals surface area contributed by atoms with Gasteiger partial charge in [-0.15, -0.1) is 0 Å². The molecule has 0 spiro atoms. The number of hydrogen-bond acceptors (Lipinski definition) is 4. The zero-order chi connectivity index (χ0) is 96.9. The van der Waals surface area contributed by atoms with Crippen molar-refractivity contribution in [2.45, 2.75) is 134 Å². The summed E-state index contributed by atoms with van der Waals surface area (Å²) in [4.78, 5) is 0. The molecule has 1 aliphatic carbocycles. The third-order valence-electron chi connectivity index (χ3n) is 24.7. The molecule has 0 aromatic heterocycles. The van der Waals surface area contributed by atoms with Gasteiger partial charge in [0.15, 0.2) is 7.14 Å². The van der Waals surface area contributed by atoms with E-state index in [0.717, 1.165) is 38.9 Å². The molecule has 0 amide bonds. The Balaban J connectivity index is 0.000000148. The Morgan fingerprint density at radius 1 is 0.304 bits per heavy atom. The summed E-state index contributed by atoms with van der Waals surface area (Å²) in [5, 5.41) is 4.55. The van der Waals surface area contributed by atoms with Gasteiger partial charge in [0, 0.05) is 21.3 Å². The highest BCUT2D eigenvalue weighted by Crippen LogP contribution is 2.56. The van der Waals surface area contributed by atoms with Crippen LogP contribution in [-0.4, -0.2) is 16.6 Å². The van der Waals surface area contributed by atoms with Crippen molar-refractivity contribution in [1.82, 2.24) is 0 Å². The van der Waals surface area contributed by atoms with Crippen LogP contribution in [0.4, 0.5) is 26.3 Å². The fourth-order valence-electron chi connectivity index (χ4n) is 16.7. The Morgan fingerprint density at radius 3 is 0.859 bits per heavy atom. The van der Waals surface area contributed by atoms with Gasteiger partial charge in [-0.25, -0.2) is 0 Å². The maximum absolute atomic E-state index is 14.2. The molecule has 16 aromatic carbocycles. The minimum Gasteiger partial charge on any atom is -0.449 e. The number of ether oxygens (including phenoxy) is 2. The summed E-state index contributed by atoms with van der Waals surface area (Å²) in [6, 6.07) is 128. The zero-order valence-corrected chi connectivity index (χ0v) is 83.3. The first-order valence-corrected chi connectivity index (χ1v) is 53.0. The van der Waals surface area contributed by atoms with Crippen LogP contribution in [0.2, 0.25) is 26.2 Å². The smallest absolute Gasteiger partial charge is 0.344 e. The lowest BCUT2D eigenvalue weighted by atomic mass is 9.67. The number of rotatable bonds is 19. The van der Waals surface area contributed by atoms with Crippen LogP contribution in [0.3, 0.4) is 0 Å². The molecule has 686 valence electrons. The van der Waals surface area contributed by atoms with Crippen LogP contribution in [-0.2, 0) is 19.5 Å². The van der Waals surface area contributed by atoms with E-state index in [4.69, 9.17) is 4.12 Å². The lowest BCUT2D eigenvalue weighted by Gasteiger charge is -2.34. The van der Waals surface area contributed by atoms with Crippen LogP contribution in [0.5, 0.6) is 11.5 Å².